The fourth-order valence-corrected chi connectivity index (χ4v) is 4.39. The molecule has 1 amide bonds. The van der Waals surface area contributed by atoms with Gasteiger partial charge in [-0.25, -0.2) is 0 Å². The molecular weight excluding hydrogens is 481 g/mol. The van der Waals surface area contributed by atoms with E-state index in [1.807, 2.05) is 0 Å². The first-order chi connectivity index (χ1) is 14.8. The number of benzene rings is 2. The van der Waals surface area contributed by atoms with E-state index in [0.717, 1.165) is 17.3 Å². The van der Waals surface area contributed by atoms with E-state index in [0.29, 0.717) is 36.3 Å². The predicted octanol–water partition coefficient (Wildman–Crippen LogP) is 4.96. The van der Waals surface area contributed by atoms with Gasteiger partial charge >= 0.3 is 5.97 Å². The molecule has 0 saturated carbocycles. The van der Waals surface area contributed by atoms with Crippen LogP contribution in [0.3, 0.4) is 0 Å². The van der Waals surface area contributed by atoms with Crippen molar-refractivity contribution >= 4 is 69.5 Å². The summed E-state index contributed by atoms with van der Waals surface area (Å²) in [6, 6.07) is 10.5. The van der Waals surface area contributed by atoms with E-state index in [1.54, 1.807) is 42.5 Å². The van der Waals surface area contributed by atoms with Gasteiger partial charge in [0.25, 0.3) is 5.91 Å². The van der Waals surface area contributed by atoms with Crippen molar-refractivity contribution in [2.24, 2.45) is 0 Å². The summed E-state index contributed by atoms with van der Waals surface area (Å²) in [6.07, 6.45) is 1.68. The van der Waals surface area contributed by atoms with Gasteiger partial charge in [-0.2, -0.15) is 0 Å². The van der Waals surface area contributed by atoms with Gasteiger partial charge in [0, 0.05) is 15.6 Å². The molecule has 0 aliphatic carbocycles. The Morgan fingerprint density at radius 3 is 2.61 bits per heavy atom. The number of nitrogens with zero attached hydrogens (tertiary/aromatic N) is 1. The van der Waals surface area contributed by atoms with Crippen LogP contribution >= 0.6 is 47.2 Å². The monoisotopic (exact) mass is 497 g/mol. The molecule has 1 fully saturated rings. The molecule has 0 unspecified atom stereocenters. The Kier molecular flexibility index (Phi) is 7.83. The Hall–Kier alpha value is -2.26. The van der Waals surface area contributed by atoms with E-state index in [9.17, 15) is 9.59 Å². The summed E-state index contributed by atoms with van der Waals surface area (Å²) in [7, 11) is 2.78. The zero-order valence-electron chi connectivity index (χ0n) is 16.5. The van der Waals surface area contributed by atoms with E-state index in [1.165, 1.54) is 19.1 Å². The first kappa shape index (κ1) is 23.4. The molecule has 0 N–H and O–H groups in total. The van der Waals surface area contributed by atoms with Gasteiger partial charge in [0.15, 0.2) is 11.5 Å². The van der Waals surface area contributed by atoms with Crippen LogP contribution in [-0.4, -0.2) is 41.9 Å². The van der Waals surface area contributed by atoms with Gasteiger partial charge in [-0.15, -0.1) is 0 Å². The summed E-state index contributed by atoms with van der Waals surface area (Å²) in [4.78, 5) is 25.7. The maximum absolute atomic E-state index is 12.6. The largest absolute Gasteiger partial charge is 0.493 e. The summed E-state index contributed by atoms with van der Waals surface area (Å²) >= 11 is 18.4. The fourth-order valence-electron chi connectivity index (χ4n) is 2.67. The standard InChI is InChI=1S/C21H17Cl2NO5S2/c1-27-17-7-12(8-18-20(26)24(21(30)31-18)10-19(25)28-2)3-6-16(17)29-11-13-4-5-14(22)9-15(13)23/h3-9H,10-11H2,1-2H3. The van der Waals surface area contributed by atoms with Crippen molar-refractivity contribution in [2.75, 3.05) is 20.8 Å². The highest BCUT2D eigenvalue weighted by Crippen LogP contribution is 2.35. The summed E-state index contributed by atoms with van der Waals surface area (Å²) in [5.74, 6) is 0.117. The smallest absolute Gasteiger partial charge is 0.325 e. The van der Waals surface area contributed by atoms with Crippen LogP contribution in [0, 0.1) is 0 Å². The SMILES string of the molecule is COC(=O)CN1C(=O)C(=Cc2ccc(OCc3ccc(Cl)cc3Cl)c(OC)c2)SC1=S. The summed E-state index contributed by atoms with van der Waals surface area (Å²) in [5, 5.41) is 1.06. The Bertz CT molecular complexity index is 1070. The third-order valence-corrected chi connectivity index (χ3v) is 6.24. The number of carbonyl (C=O) groups is 2. The van der Waals surface area contributed by atoms with Crippen LogP contribution in [0.1, 0.15) is 11.1 Å². The number of carbonyl (C=O) groups excluding carboxylic acids is 2. The van der Waals surface area contributed by atoms with Crippen LogP contribution in [-0.2, 0) is 20.9 Å². The molecule has 0 aromatic heterocycles. The van der Waals surface area contributed by atoms with Gasteiger partial charge in [-0.05, 0) is 35.9 Å². The van der Waals surface area contributed by atoms with Crippen molar-refractivity contribution in [2.45, 2.75) is 6.61 Å². The number of rotatable bonds is 7. The Morgan fingerprint density at radius 1 is 1.16 bits per heavy atom. The van der Waals surface area contributed by atoms with E-state index in [-0.39, 0.29) is 19.1 Å². The molecule has 31 heavy (non-hydrogen) atoms. The maximum atomic E-state index is 12.6. The highest BCUT2D eigenvalue weighted by Gasteiger charge is 2.33. The fraction of sp³-hybridized carbons (Fsp3) is 0.190. The van der Waals surface area contributed by atoms with Crippen LogP contribution < -0.4 is 9.47 Å². The lowest BCUT2D eigenvalue weighted by Crippen LogP contribution is -2.33. The van der Waals surface area contributed by atoms with E-state index in [4.69, 9.17) is 44.9 Å². The lowest BCUT2D eigenvalue weighted by molar-refractivity contribution is -0.143. The highest BCUT2D eigenvalue weighted by molar-refractivity contribution is 8.26. The zero-order valence-corrected chi connectivity index (χ0v) is 19.7. The molecule has 0 bridgehead atoms. The molecule has 0 radical (unpaired) electrons. The quantitative estimate of drug-likeness (QED) is 0.304. The number of esters is 1. The molecule has 6 nitrogen and oxygen atoms in total. The van der Waals surface area contributed by atoms with Crippen molar-refractivity contribution in [3.8, 4) is 11.5 Å². The average Bonchev–Trinajstić information content (AvgIpc) is 3.00. The molecule has 1 aliphatic rings. The summed E-state index contributed by atoms with van der Waals surface area (Å²) in [6.45, 7) is 0.0136. The van der Waals surface area contributed by atoms with Crippen LogP contribution in [0.5, 0.6) is 11.5 Å². The zero-order chi connectivity index (χ0) is 22.5. The van der Waals surface area contributed by atoms with Crippen molar-refractivity contribution in [3.05, 3.63) is 62.5 Å². The maximum Gasteiger partial charge on any atom is 0.325 e. The van der Waals surface area contributed by atoms with E-state index >= 15 is 0 Å². The van der Waals surface area contributed by atoms with Crippen LogP contribution in [0.25, 0.3) is 6.08 Å². The molecule has 0 atom stereocenters. The van der Waals surface area contributed by atoms with Gasteiger partial charge in [-0.1, -0.05) is 59.3 Å². The topological polar surface area (TPSA) is 65.1 Å². The second-order valence-corrected chi connectivity index (χ2v) is 8.80. The van der Waals surface area contributed by atoms with Gasteiger partial charge in [0.1, 0.15) is 17.5 Å². The second-order valence-electron chi connectivity index (χ2n) is 6.28. The molecule has 10 heteroatoms. The average molecular weight is 498 g/mol. The first-order valence-corrected chi connectivity index (χ1v) is 10.9. The molecular formula is C21H17Cl2NO5S2. The number of methoxy groups -OCH3 is 2. The Balaban J connectivity index is 1.76. The van der Waals surface area contributed by atoms with E-state index in [2.05, 4.69) is 4.74 Å². The minimum atomic E-state index is -0.540. The number of hydrogen-bond donors (Lipinski definition) is 0. The molecule has 3 rings (SSSR count). The highest BCUT2D eigenvalue weighted by atomic mass is 35.5. The van der Waals surface area contributed by atoms with Gasteiger partial charge in [0.2, 0.25) is 0 Å². The molecule has 2 aromatic carbocycles. The predicted molar refractivity (Wildman–Crippen MR) is 126 cm³/mol. The third-order valence-electron chi connectivity index (χ3n) is 4.27. The van der Waals surface area contributed by atoms with Gasteiger partial charge in [-0.3, -0.25) is 14.5 Å². The molecule has 1 saturated heterocycles. The number of amides is 1. The molecule has 162 valence electrons. The van der Waals surface area contributed by atoms with Crippen LogP contribution in [0.15, 0.2) is 41.3 Å². The van der Waals surface area contributed by atoms with Crippen molar-refractivity contribution in [1.82, 2.24) is 4.90 Å². The van der Waals surface area contributed by atoms with Gasteiger partial charge < -0.3 is 14.2 Å². The minimum Gasteiger partial charge on any atom is -0.493 e. The lowest BCUT2D eigenvalue weighted by Gasteiger charge is -2.13. The van der Waals surface area contributed by atoms with Crippen molar-refractivity contribution < 1.29 is 23.8 Å². The van der Waals surface area contributed by atoms with Gasteiger partial charge in [0.05, 0.1) is 19.1 Å². The van der Waals surface area contributed by atoms with Crippen molar-refractivity contribution in [3.63, 3.8) is 0 Å². The van der Waals surface area contributed by atoms with E-state index < -0.39 is 5.97 Å². The van der Waals surface area contributed by atoms with Crippen LogP contribution in [0.4, 0.5) is 0 Å². The summed E-state index contributed by atoms with van der Waals surface area (Å²) < 4.78 is 16.2. The molecule has 2 aromatic rings. The Morgan fingerprint density at radius 2 is 1.94 bits per heavy atom. The number of thiocarbonyl (C=S) groups is 1. The summed E-state index contributed by atoms with van der Waals surface area (Å²) in [5.41, 5.74) is 1.50. The number of halogens is 2. The Labute approximate surface area is 199 Å². The number of ether oxygens (including phenoxy) is 3. The molecule has 0 spiro atoms. The minimum absolute atomic E-state index is 0.220. The third kappa shape index (κ3) is 5.71. The molecule has 1 aliphatic heterocycles. The lowest BCUT2D eigenvalue weighted by atomic mass is 10.1. The number of thioether (sulfide) groups is 1. The van der Waals surface area contributed by atoms with Crippen LogP contribution in [0.2, 0.25) is 10.0 Å². The number of hydrogen-bond acceptors (Lipinski definition) is 7. The molecule has 1 heterocycles. The van der Waals surface area contributed by atoms with Crippen molar-refractivity contribution in [1.29, 1.82) is 0 Å². The second kappa shape index (κ2) is 10.4. The normalized spacial score (nSPS) is 14.8. The first-order valence-electron chi connectivity index (χ1n) is 8.89.